The smallest absolute Gasteiger partial charge is 0.162 e. The molecule has 0 spiro atoms. The molecule has 1 aromatic rings. The van der Waals surface area contributed by atoms with Crippen molar-refractivity contribution in [2.45, 2.75) is 24.7 Å². The van der Waals surface area contributed by atoms with Crippen LogP contribution < -0.4 is 5.73 Å². The van der Waals surface area contributed by atoms with E-state index in [1.807, 2.05) is 0 Å². The van der Waals surface area contributed by atoms with Crippen molar-refractivity contribution >= 4 is 15.9 Å². The van der Waals surface area contributed by atoms with E-state index < -0.39 is 17.0 Å². The van der Waals surface area contributed by atoms with Gasteiger partial charge in [-0.3, -0.25) is 0 Å². The summed E-state index contributed by atoms with van der Waals surface area (Å²) in [5, 5.41) is 19.3. The fourth-order valence-corrected chi connectivity index (χ4v) is 2.97. The summed E-state index contributed by atoms with van der Waals surface area (Å²) >= 11 is 3.11. The van der Waals surface area contributed by atoms with Gasteiger partial charge < -0.3 is 15.9 Å². The van der Waals surface area contributed by atoms with Gasteiger partial charge in [0.1, 0.15) is 5.82 Å². The Kier molecular flexibility index (Phi) is 2.84. The van der Waals surface area contributed by atoms with Gasteiger partial charge in [0.25, 0.3) is 0 Å². The molecule has 0 radical (unpaired) electrons. The van der Waals surface area contributed by atoms with Crippen LogP contribution in [-0.2, 0) is 5.41 Å². The average Bonchev–Trinajstić information content (AvgIpc) is 2.19. The highest BCUT2D eigenvalue weighted by molar-refractivity contribution is 9.10. The highest BCUT2D eigenvalue weighted by Crippen LogP contribution is 2.51. The summed E-state index contributed by atoms with van der Waals surface area (Å²) < 4.78 is 13.7. The molecule has 0 heterocycles. The Hall–Kier alpha value is -0.810. The molecule has 3 nitrogen and oxygen atoms in total. The lowest BCUT2D eigenvalue weighted by Crippen LogP contribution is -2.42. The molecule has 0 bridgehead atoms. The minimum absolute atomic E-state index is 0.202. The van der Waals surface area contributed by atoms with Crippen molar-refractivity contribution in [3.05, 3.63) is 21.9 Å². The second kappa shape index (κ2) is 3.89. The number of hydrogen-bond acceptors (Lipinski definition) is 3. The van der Waals surface area contributed by atoms with Gasteiger partial charge in [-0.1, -0.05) is 6.42 Å². The second-order valence-corrected chi connectivity index (χ2v) is 5.05. The molecule has 4 N–H and O–H groups in total. The van der Waals surface area contributed by atoms with Crippen LogP contribution >= 0.6 is 15.9 Å². The van der Waals surface area contributed by atoms with Gasteiger partial charge in [0, 0.05) is 23.6 Å². The third kappa shape index (κ3) is 1.50. The predicted octanol–water partition coefficient (Wildman–Crippen LogP) is 2.38. The average molecular weight is 290 g/mol. The van der Waals surface area contributed by atoms with Crippen LogP contribution in [0.1, 0.15) is 24.8 Å². The van der Waals surface area contributed by atoms with Gasteiger partial charge >= 0.3 is 0 Å². The maximum absolute atomic E-state index is 13.5. The lowest BCUT2D eigenvalue weighted by Gasteiger charge is -2.42. The summed E-state index contributed by atoms with van der Waals surface area (Å²) in [4.78, 5) is 0. The molecule has 16 heavy (non-hydrogen) atoms. The molecule has 1 fully saturated rings. The standard InChI is InChI=1S/C11H13BrFNO2/c12-9-6(13)4-7(15)10(16)8(9)11(5-14)2-1-3-11/h4,15-16H,1-3,5,14H2. The first-order chi connectivity index (χ1) is 7.52. The Bertz CT molecular complexity index is 401. The normalized spacial score (nSPS) is 18.2. The molecule has 0 unspecified atom stereocenters. The molecule has 0 aromatic heterocycles. The van der Waals surface area contributed by atoms with Gasteiger partial charge in [0.2, 0.25) is 0 Å². The Labute approximate surface area is 101 Å². The van der Waals surface area contributed by atoms with Crippen molar-refractivity contribution in [1.82, 2.24) is 0 Å². The van der Waals surface area contributed by atoms with Crippen molar-refractivity contribution < 1.29 is 14.6 Å². The first-order valence-electron chi connectivity index (χ1n) is 5.12. The largest absolute Gasteiger partial charge is 0.504 e. The summed E-state index contributed by atoms with van der Waals surface area (Å²) in [6.45, 7) is 0.335. The zero-order valence-electron chi connectivity index (χ0n) is 8.63. The summed E-state index contributed by atoms with van der Waals surface area (Å²) in [6.07, 6.45) is 2.61. The van der Waals surface area contributed by atoms with Gasteiger partial charge in [0.15, 0.2) is 11.5 Å². The predicted molar refractivity (Wildman–Crippen MR) is 62.0 cm³/mol. The molecule has 1 aliphatic carbocycles. The van der Waals surface area contributed by atoms with Crippen LogP contribution in [0.15, 0.2) is 10.5 Å². The highest BCUT2D eigenvalue weighted by Gasteiger charge is 2.42. The van der Waals surface area contributed by atoms with Crippen LogP contribution in [-0.4, -0.2) is 16.8 Å². The van der Waals surface area contributed by atoms with Gasteiger partial charge in [-0.05, 0) is 28.8 Å². The van der Waals surface area contributed by atoms with Gasteiger partial charge in [-0.25, -0.2) is 4.39 Å². The molecule has 1 saturated carbocycles. The minimum atomic E-state index is -0.579. The maximum Gasteiger partial charge on any atom is 0.162 e. The van der Waals surface area contributed by atoms with Crippen molar-refractivity contribution in [3.63, 3.8) is 0 Å². The fourth-order valence-electron chi connectivity index (χ4n) is 2.25. The SMILES string of the molecule is NCC1(c2c(O)c(O)cc(F)c2Br)CCC1. The van der Waals surface area contributed by atoms with Gasteiger partial charge in [-0.2, -0.15) is 0 Å². The molecule has 88 valence electrons. The Morgan fingerprint density at radius 2 is 2.06 bits per heavy atom. The molecule has 1 aromatic carbocycles. The van der Waals surface area contributed by atoms with E-state index in [0.717, 1.165) is 25.3 Å². The molecule has 2 rings (SSSR count). The van der Waals surface area contributed by atoms with Crippen LogP contribution in [0.4, 0.5) is 4.39 Å². The number of benzene rings is 1. The van der Waals surface area contributed by atoms with Crippen molar-refractivity contribution in [3.8, 4) is 11.5 Å². The third-order valence-electron chi connectivity index (χ3n) is 3.40. The summed E-state index contributed by atoms with van der Waals surface area (Å²) in [7, 11) is 0. The molecule has 0 saturated heterocycles. The van der Waals surface area contributed by atoms with Crippen LogP contribution in [0.5, 0.6) is 11.5 Å². The number of halogens is 2. The van der Waals surface area contributed by atoms with Crippen LogP contribution in [0.2, 0.25) is 0 Å². The van der Waals surface area contributed by atoms with E-state index in [1.165, 1.54) is 0 Å². The molecule has 0 atom stereocenters. The monoisotopic (exact) mass is 289 g/mol. The number of nitrogens with two attached hydrogens (primary N) is 1. The van der Waals surface area contributed by atoms with E-state index >= 15 is 0 Å². The number of rotatable bonds is 2. The first-order valence-corrected chi connectivity index (χ1v) is 5.91. The zero-order valence-corrected chi connectivity index (χ0v) is 10.2. The molecular formula is C11H13BrFNO2. The van der Waals surface area contributed by atoms with Crippen LogP contribution in [0, 0.1) is 5.82 Å². The molecular weight excluding hydrogens is 277 g/mol. The zero-order chi connectivity index (χ0) is 11.9. The molecule has 0 amide bonds. The lowest BCUT2D eigenvalue weighted by molar-refractivity contribution is 0.240. The summed E-state index contributed by atoms with van der Waals surface area (Å²) in [5.41, 5.74) is 5.70. The van der Waals surface area contributed by atoms with E-state index in [-0.39, 0.29) is 10.2 Å². The minimum Gasteiger partial charge on any atom is -0.504 e. The number of phenols is 2. The maximum atomic E-state index is 13.5. The Balaban J connectivity index is 2.63. The second-order valence-electron chi connectivity index (χ2n) is 4.25. The molecule has 5 heteroatoms. The van der Waals surface area contributed by atoms with Crippen LogP contribution in [0.3, 0.4) is 0 Å². The third-order valence-corrected chi connectivity index (χ3v) is 4.18. The van der Waals surface area contributed by atoms with E-state index in [9.17, 15) is 14.6 Å². The Morgan fingerprint density at radius 3 is 2.50 bits per heavy atom. The van der Waals surface area contributed by atoms with Crippen molar-refractivity contribution in [2.24, 2.45) is 5.73 Å². The topological polar surface area (TPSA) is 66.5 Å². The van der Waals surface area contributed by atoms with Gasteiger partial charge in [-0.15, -0.1) is 0 Å². The summed E-state index contributed by atoms with van der Waals surface area (Å²) in [5.74, 6) is -1.28. The van der Waals surface area contributed by atoms with Crippen molar-refractivity contribution in [1.29, 1.82) is 0 Å². The lowest BCUT2D eigenvalue weighted by atomic mass is 9.64. The number of aromatic hydroxyl groups is 2. The van der Waals surface area contributed by atoms with E-state index in [2.05, 4.69) is 15.9 Å². The summed E-state index contributed by atoms with van der Waals surface area (Å²) in [6, 6.07) is 0.895. The van der Waals surface area contributed by atoms with E-state index in [0.29, 0.717) is 12.1 Å². The number of hydrogen-bond donors (Lipinski definition) is 3. The van der Waals surface area contributed by atoms with E-state index in [1.54, 1.807) is 0 Å². The number of phenolic OH excluding ortho intramolecular Hbond substituents is 2. The van der Waals surface area contributed by atoms with Gasteiger partial charge in [0.05, 0.1) is 4.47 Å². The Morgan fingerprint density at radius 1 is 1.44 bits per heavy atom. The highest BCUT2D eigenvalue weighted by atomic mass is 79.9. The first kappa shape index (κ1) is 11.7. The van der Waals surface area contributed by atoms with Crippen molar-refractivity contribution in [2.75, 3.05) is 6.54 Å². The van der Waals surface area contributed by atoms with Crippen LogP contribution in [0.25, 0.3) is 0 Å². The molecule has 1 aliphatic rings. The fraction of sp³-hybridized carbons (Fsp3) is 0.455. The molecule has 0 aliphatic heterocycles. The van der Waals surface area contributed by atoms with E-state index in [4.69, 9.17) is 5.73 Å². The quantitative estimate of drug-likeness (QED) is 0.733.